The van der Waals surface area contributed by atoms with E-state index in [4.69, 9.17) is 8.85 Å². The molecule has 0 aliphatic heterocycles. The number of nitrogens with one attached hydrogen (secondary N) is 2. The number of hydrogen-bond acceptors (Lipinski definition) is 5. The van der Waals surface area contributed by atoms with E-state index in [-0.39, 0.29) is 23.7 Å². The van der Waals surface area contributed by atoms with Crippen LogP contribution in [0.1, 0.15) is 27.4 Å². The number of aromatic nitrogens is 1. The SMILES string of the molecule is [2H]C([2H])([2H])O[C@]1(C(F)F)CCc2c(S(=O)(=O)Nc3cc(OC(F)F)c(C(F)(F)F)cc3OC)c[nH]c2C1. The Morgan fingerprint density at radius 3 is 2.47 bits per heavy atom. The summed E-state index contributed by atoms with van der Waals surface area (Å²) < 4.78 is 156. The zero-order chi connectivity index (χ0) is 28.0. The molecule has 15 heteroatoms. The molecule has 2 aromatic rings. The van der Waals surface area contributed by atoms with Crippen molar-refractivity contribution >= 4 is 15.7 Å². The minimum Gasteiger partial charge on any atom is -0.495 e. The third kappa shape index (κ3) is 4.89. The summed E-state index contributed by atoms with van der Waals surface area (Å²) in [5, 5.41) is 0. The smallest absolute Gasteiger partial charge is 0.420 e. The van der Waals surface area contributed by atoms with E-state index in [9.17, 15) is 39.2 Å². The number of sulfonamides is 1. The zero-order valence-electron chi connectivity index (χ0n) is 20.1. The molecular formula is C19H19F7N2O5S. The Labute approximate surface area is 193 Å². The fourth-order valence-electron chi connectivity index (χ4n) is 3.61. The minimum absolute atomic E-state index is 0.00727. The predicted molar refractivity (Wildman–Crippen MR) is 104 cm³/mol. The normalized spacial score (nSPS) is 20.5. The maximum Gasteiger partial charge on any atom is 0.420 e. The van der Waals surface area contributed by atoms with Crippen molar-refractivity contribution in [3.8, 4) is 11.5 Å². The summed E-state index contributed by atoms with van der Waals surface area (Å²) >= 11 is 0. The van der Waals surface area contributed by atoms with Gasteiger partial charge in [0.15, 0.2) is 0 Å². The lowest BCUT2D eigenvalue weighted by molar-refractivity contribution is -0.141. The van der Waals surface area contributed by atoms with Crippen molar-refractivity contribution < 1.29 is 57.5 Å². The van der Waals surface area contributed by atoms with Crippen molar-refractivity contribution in [3.05, 3.63) is 35.2 Å². The molecule has 0 saturated heterocycles. The van der Waals surface area contributed by atoms with Gasteiger partial charge in [-0.05, 0) is 24.5 Å². The summed E-state index contributed by atoms with van der Waals surface area (Å²) in [6, 6.07) is 0.641. The van der Waals surface area contributed by atoms with Gasteiger partial charge in [0.2, 0.25) is 0 Å². The summed E-state index contributed by atoms with van der Waals surface area (Å²) in [5.74, 6) is -2.05. The number of hydrogen-bond donors (Lipinski definition) is 2. The third-order valence-electron chi connectivity index (χ3n) is 5.27. The highest BCUT2D eigenvalue weighted by atomic mass is 32.2. The van der Waals surface area contributed by atoms with Gasteiger partial charge in [0.05, 0.1) is 16.9 Å². The molecule has 0 spiro atoms. The quantitative estimate of drug-likeness (QED) is 0.495. The van der Waals surface area contributed by atoms with Gasteiger partial charge in [0.1, 0.15) is 27.6 Å². The number of benzene rings is 1. The third-order valence-corrected chi connectivity index (χ3v) is 6.70. The molecule has 3 rings (SSSR count). The van der Waals surface area contributed by atoms with E-state index < -0.39 is 82.4 Å². The van der Waals surface area contributed by atoms with Crippen LogP contribution < -0.4 is 14.2 Å². The molecule has 1 aliphatic rings. The summed E-state index contributed by atoms with van der Waals surface area (Å²) in [5.41, 5.74) is -4.80. The summed E-state index contributed by atoms with van der Waals surface area (Å²) in [6.07, 6.45) is -9.07. The molecular weight excluding hydrogens is 501 g/mol. The number of alkyl halides is 7. The molecule has 0 amide bonds. The zero-order valence-corrected chi connectivity index (χ0v) is 17.9. The topological polar surface area (TPSA) is 89.7 Å². The van der Waals surface area contributed by atoms with E-state index in [1.165, 1.54) is 0 Å². The Morgan fingerprint density at radius 1 is 1.21 bits per heavy atom. The first-order valence-electron chi connectivity index (χ1n) is 10.8. The lowest BCUT2D eigenvalue weighted by Gasteiger charge is -2.35. The molecule has 0 saturated carbocycles. The van der Waals surface area contributed by atoms with Crippen LogP contribution in [0.2, 0.25) is 0 Å². The van der Waals surface area contributed by atoms with Crippen LogP contribution in [-0.2, 0) is 33.8 Å². The largest absolute Gasteiger partial charge is 0.495 e. The number of halogens is 7. The number of aromatic amines is 1. The highest BCUT2D eigenvalue weighted by molar-refractivity contribution is 7.92. The standard InChI is InChI=1S/C19H19F7N2O5S/c1-31-14-5-10(19(24,25)26)13(33-17(22)23)6-11(14)28-34(29,30)15-8-27-12-7-18(32-2,16(20)21)4-3-9(12)15/h5-6,8,16-17,27-28H,3-4,7H2,1-2H3/t18-/m1/s1/i2D3. The van der Waals surface area contributed by atoms with Crippen LogP contribution >= 0.6 is 0 Å². The first-order chi connectivity index (χ1) is 16.9. The van der Waals surface area contributed by atoms with Crippen LogP contribution in [0.5, 0.6) is 11.5 Å². The van der Waals surface area contributed by atoms with Gasteiger partial charge in [-0.2, -0.15) is 22.0 Å². The van der Waals surface area contributed by atoms with Crippen molar-refractivity contribution in [3.63, 3.8) is 0 Å². The van der Waals surface area contributed by atoms with E-state index >= 15 is 0 Å². The molecule has 2 N–H and O–H groups in total. The molecule has 7 nitrogen and oxygen atoms in total. The van der Waals surface area contributed by atoms with Crippen LogP contribution in [0.25, 0.3) is 0 Å². The van der Waals surface area contributed by atoms with E-state index in [2.05, 4.69) is 14.5 Å². The second-order valence-electron chi connectivity index (χ2n) is 7.28. The number of fused-ring (bicyclic) bond motifs is 1. The summed E-state index contributed by atoms with van der Waals surface area (Å²) in [7, 11) is -6.90. The average molecular weight is 523 g/mol. The first-order valence-corrected chi connectivity index (χ1v) is 10.8. The Kier molecular flexibility index (Phi) is 5.89. The highest BCUT2D eigenvalue weighted by Gasteiger charge is 2.45. The van der Waals surface area contributed by atoms with Crippen LogP contribution in [0.4, 0.5) is 36.4 Å². The number of anilines is 1. The molecule has 34 heavy (non-hydrogen) atoms. The molecule has 1 aliphatic carbocycles. The van der Waals surface area contributed by atoms with Gasteiger partial charge in [-0.3, -0.25) is 4.72 Å². The van der Waals surface area contributed by atoms with Gasteiger partial charge in [0, 0.05) is 31.4 Å². The summed E-state index contributed by atoms with van der Waals surface area (Å²) in [4.78, 5) is 2.00. The van der Waals surface area contributed by atoms with Gasteiger partial charge in [0.25, 0.3) is 16.4 Å². The van der Waals surface area contributed by atoms with E-state index in [0.29, 0.717) is 6.07 Å². The van der Waals surface area contributed by atoms with Gasteiger partial charge < -0.3 is 19.2 Å². The minimum atomic E-state index is -5.15. The molecule has 1 aromatic carbocycles. The lowest BCUT2D eigenvalue weighted by Crippen LogP contribution is -2.44. The van der Waals surface area contributed by atoms with Gasteiger partial charge in [-0.15, -0.1) is 0 Å². The molecule has 1 heterocycles. The molecule has 0 bridgehead atoms. The second kappa shape index (κ2) is 9.17. The molecule has 190 valence electrons. The number of ether oxygens (including phenoxy) is 3. The fraction of sp³-hybridized carbons (Fsp3) is 0.474. The Hall–Kier alpha value is -2.68. The summed E-state index contributed by atoms with van der Waals surface area (Å²) in [6.45, 7) is -3.66. The maximum atomic E-state index is 13.8. The van der Waals surface area contributed by atoms with Gasteiger partial charge >= 0.3 is 12.8 Å². The first kappa shape index (κ1) is 21.8. The fourth-order valence-corrected chi connectivity index (χ4v) is 4.94. The Morgan fingerprint density at radius 2 is 1.91 bits per heavy atom. The van der Waals surface area contributed by atoms with Gasteiger partial charge in [-0.1, -0.05) is 0 Å². The molecule has 1 aromatic heterocycles. The maximum absolute atomic E-state index is 13.8. The van der Waals surface area contributed by atoms with Crippen molar-refractivity contribution in [2.24, 2.45) is 0 Å². The second-order valence-corrected chi connectivity index (χ2v) is 8.94. The van der Waals surface area contributed by atoms with Crippen LogP contribution in [0, 0.1) is 0 Å². The highest BCUT2D eigenvalue weighted by Crippen LogP contribution is 2.44. The van der Waals surface area contributed by atoms with Crippen molar-refractivity contribution in [1.82, 2.24) is 4.98 Å². The van der Waals surface area contributed by atoms with Crippen LogP contribution in [0.15, 0.2) is 23.2 Å². The monoisotopic (exact) mass is 523 g/mol. The predicted octanol–water partition coefficient (Wildman–Crippen LogP) is 4.58. The van der Waals surface area contributed by atoms with E-state index in [1.807, 2.05) is 4.72 Å². The molecule has 0 unspecified atom stereocenters. The van der Waals surface area contributed by atoms with Gasteiger partial charge in [-0.25, -0.2) is 17.2 Å². The van der Waals surface area contributed by atoms with Crippen molar-refractivity contribution in [1.29, 1.82) is 0 Å². The number of H-pyrrole nitrogens is 1. The van der Waals surface area contributed by atoms with E-state index in [1.54, 1.807) is 0 Å². The average Bonchev–Trinajstić information content (AvgIpc) is 3.15. The van der Waals surface area contributed by atoms with Crippen LogP contribution in [0.3, 0.4) is 0 Å². The number of methoxy groups -OCH3 is 2. The van der Waals surface area contributed by atoms with E-state index in [0.717, 1.165) is 13.3 Å². The van der Waals surface area contributed by atoms with Crippen LogP contribution in [-0.4, -0.2) is 46.2 Å². The Balaban J connectivity index is 2.00. The lowest BCUT2D eigenvalue weighted by atomic mass is 9.84. The number of rotatable bonds is 8. The molecule has 1 atom stereocenters. The molecule has 0 fully saturated rings. The van der Waals surface area contributed by atoms with Crippen molar-refractivity contribution in [2.45, 2.75) is 49.0 Å². The Bertz CT molecular complexity index is 1250. The van der Waals surface area contributed by atoms with Crippen molar-refractivity contribution in [2.75, 3.05) is 18.9 Å². The molecule has 0 radical (unpaired) electrons.